The number of hydrogen-bond acceptors (Lipinski definition) is 4. The fourth-order valence-corrected chi connectivity index (χ4v) is 2.73. The molecule has 88 valence electrons. The van der Waals surface area contributed by atoms with Gasteiger partial charge in [-0.3, -0.25) is 10.1 Å². The summed E-state index contributed by atoms with van der Waals surface area (Å²) in [6.07, 6.45) is 0. The van der Waals surface area contributed by atoms with Crippen molar-refractivity contribution in [1.82, 2.24) is 15.1 Å². The van der Waals surface area contributed by atoms with Gasteiger partial charge in [0.05, 0.1) is 6.04 Å². The van der Waals surface area contributed by atoms with Crippen LogP contribution in [0.5, 0.6) is 0 Å². The topological polar surface area (TPSA) is 35.6 Å². The number of carbonyl (C=O) groups is 1. The Morgan fingerprint density at radius 1 is 1.33 bits per heavy atom. The molecule has 2 aliphatic rings. The van der Waals surface area contributed by atoms with Crippen molar-refractivity contribution in [1.29, 1.82) is 0 Å². The van der Waals surface area contributed by atoms with Gasteiger partial charge in [0.15, 0.2) is 0 Å². The van der Waals surface area contributed by atoms with Gasteiger partial charge < -0.3 is 9.80 Å². The normalized spacial score (nSPS) is 27.5. The van der Waals surface area contributed by atoms with Gasteiger partial charge in [0.2, 0.25) is 5.91 Å². The van der Waals surface area contributed by atoms with Crippen LogP contribution < -0.4 is 5.32 Å². The predicted octanol–water partition coefficient (Wildman–Crippen LogP) is -0.155. The third-order valence-corrected chi connectivity index (χ3v) is 3.77. The van der Waals surface area contributed by atoms with E-state index in [-0.39, 0.29) is 18.4 Å². The number of thioether (sulfide) groups is 1. The van der Waals surface area contributed by atoms with E-state index in [1.54, 1.807) is 11.8 Å². The molecule has 1 atom stereocenters. The Balaban J connectivity index is 0.00000112. The molecule has 2 fully saturated rings. The number of amides is 1. The predicted molar refractivity (Wildman–Crippen MR) is 65.6 cm³/mol. The molecule has 4 nitrogen and oxygen atoms in total. The average Bonchev–Trinajstić information content (AvgIpc) is 2.71. The van der Waals surface area contributed by atoms with Crippen molar-refractivity contribution in [3.63, 3.8) is 0 Å². The number of halogens is 1. The second-order valence-corrected chi connectivity index (χ2v) is 4.93. The van der Waals surface area contributed by atoms with E-state index in [9.17, 15) is 4.79 Å². The minimum Gasteiger partial charge on any atom is -0.339 e. The van der Waals surface area contributed by atoms with Gasteiger partial charge in [-0.25, -0.2) is 0 Å². The first-order chi connectivity index (χ1) is 6.77. The van der Waals surface area contributed by atoms with Gasteiger partial charge in [-0.1, -0.05) is 0 Å². The molecule has 1 amide bonds. The van der Waals surface area contributed by atoms with Crippen LogP contribution in [0.1, 0.15) is 0 Å². The number of nitrogens with zero attached hydrogens (tertiary/aromatic N) is 2. The van der Waals surface area contributed by atoms with Crippen molar-refractivity contribution in [2.75, 3.05) is 44.9 Å². The SMILES string of the molecule is CN1CCN(C(=O)[C@H]2CSCN2)CC1.Cl. The molecule has 0 aliphatic carbocycles. The maximum Gasteiger partial charge on any atom is 0.240 e. The first-order valence-corrected chi connectivity index (χ1v) is 6.21. The number of carbonyl (C=O) groups excluding carboxylic acids is 1. The Bertz CT molecular complexity index is 215. The van der Waals surface area contributed by atoms with Crippen LogP contribution in [0.3, 0.4) is 0 Å². The van der Waals surface area contributed by atoms with Gasteiger partial charge in [-0.15, -0.1) is 24.2 Å². The molecule has 0 aromatic heterocycles. The van der Waals surface area contributed by atoms with E-state index in [1.165, 1.54) is 0 Å². The smallest absolute Gasteiger partial charge is 0.240 e. The van der Waals surface area contributed by atoms with E-state index in [0.717, 1.165) is 37.8 Å². The summed E-state index contributed by atoms with van der Waals surface area (Å²) in [5.74, 6) is 2.15. The van der Waals surface area contributed by atoms with Crippen molar-refractivity contribution in [3.8, 4) is 0 Å². The Hall–Kier alpha value is 0.0300. The minimum atomic E-state index is 0. The summed E-state index contributed by atoms with van der Waals surface area (Å²) in [6, 6.07) is 0.0726. The summed E-state index contributed by atoms with van der Waals surface area (Å²) in [5, 5.41) is 3.22. The lowest BCUT2D eigenvalue weighted by Crippen LogP contribution is -2.52. The number of hydrogen-bond donors (Lipinski definition) is 1. The highest BCUT2D eigenvalue weighted by atomic mass is 35.5. The highest BCUT2D eigenvalue weighted by Crippen LogP contribution is 2.12. The van der Waals surface area contributed by atoms with Crippen LogP contribution in [-0.2, 0) is 4.79 Å². The summed E-state index contributed by atoms with van der Waals surface area (Å²) in [7, 11) is 2.10. The van der Waals surface area contributed by atoms with Crippen molar-refractivity contribution >= 4 is 30.1 Å². The molecular formula is C9H18ClN3OS. The Labute approximate surface area is 101 Å². The molecule has 0 radical (unpaired) electrons. The van der Waals surface area contributed by atoms with Crippen LogP contribution in [0, 0.1) is 0 Å². The summed E-state index contributed by atoms with van der Waals surface area (Å²) in [4.78, 5) is 16.2. The fraction of sp³-hybridized carbons (Fsp3) is 0.889. The average molecular weight is 252 g/mol. The molecule has 2 saturated heterocycles. The third-order valence-electron chi connectivity index (χ3n) is 2.83. The van der Waals surface area contributed by atoms with Gasteiger partial charge >= 0.3 is 0 Å². The van der Waals surface area contributed by atoms with Crippen LogP contribution in [0.4, 0.5) is 0 Å². The number of piperazine rings is 1. The second-order valence-electron chi connectivity index (χ2n) is 3.90. The zero-order valence-electron chi connectivity index (χ0n) is 8.94. The molecule has 2 heterocycles. The van der Waals surface area contributed by atoms with Crippen molar-refractivity contribution in [2.45, 2.75) is 6.04 Å². The van der Waals surface area contributed by atoms with Crippen molar-refractivity contribution in [2.24, 2.45) is 0 Å². The Morgan fingerprint density at radius 2 is 2.00 bits per heavy atom. The summed E-state index contributed by atoms with van der Waals surface area (Å²) in [6.45, 7) is 3.79. The highest BCUT2D eigenvalue weighted by molar-refractivity contribution is 7.99. The molecule has 0 spiro atoms. The van der Waals surface area contributed by atoms with Gasteiger partial charge in [0.25, 0.3) is 0 Å². The zero-order valence-corrected chi connectivity index (χ0v) is 10.6. The first kappa shape index (κ1) is 13.1. The molecule has 15 heavy (non-hydrogen) atoms. The fourth-order valence-electron chi connectivity index (χ4n) is 1.80. The Kier molecular flexibility index (Phi) is 5.18. The highest BCUT2D eigenvalue weighted by Gasteiger charge is 2.28. The summed E-state index contributed by atoms with van der Waals surface area (Å²) >= 11 is 1.81. The molecule has 0 unspecified atom stereocenters. The number of likely N-dealkylation sites (N-methyl/N-ethyl adjacent to an activating group) is 1. The van der Waals surface area contributed by atoms with Gasteiger partial charge in [0, 0.05) is 37.8 Å². The third kappa shape index (κ3) is 3.24. The summed E-state index contributed by atoms with van der Waals surface area (Å²) < 4.78 is 0. The standard InChI is InChI=1S/C9H17N3OS.ClH/c1-11-2-4-12(5-3-11)9(13)8-6-14-7-10-8;/h8,10H,2-7H2,1H3;1H/t8-;/m1./s1. The summed E-state index contributed by atoms with van der Waals surface area (Å²) in [5.41, 5.74) is 0. The van der Waals surface area contributed by atoms with Crippen molar-refractivity contribution < 1.29 is 4.79 Å². The lowest BCUT2D eigenvalue weighted by atomic mass is 10.2. The van der Waals surface area contributed by atoms with Crippen LogP contribution in [0.25, 0.3) is 0 Å². The number of rotatable bonds is 1. The molecule has 6 heteroatoms. The lowest BCUT2D eigenvalue weighted by Gasteiger charge is -2.33. The van der Waals surface area contributed by atoms with E-state index in [0.29, 0.717) is 5.91 Å². The molecule has 0 aromatic rings. The van der Waals surface area contributed by atoms with Crippen molar-refractivity contribution in [3.05, 3.63) is 0 Å². The van der Waals surface area contributed by atoms with Gasteiger partial charge in [0.1, 0.15) is 0 Å². The van der Waals surface area contributed by atoms with Crippen LogP contribution in [0.2, 0.25) is 0 Å². The van der Waals surface area contributed by atoms with Gasteiger partial charge in [-0.05, 0) is 7.05 Å². The molecule has 0 aromatic carbocycles. The Morgan fingerprint density at radius 3 is 2.53 bits per heavy atom. The van der Waals surface area contributed by atoms with E-state index < -0.39 is 0 Å². The maximum atomic E-state index is 11.9. The van der Waals surface area contributed by atoms with Gasteiger partial charge in [-0.2, -0.15) is 0 Å². The molecular weight excluding hydrogens is 234 g/mol. The van der Waals surface area contributed by atoms with Crippen LogP contribution in [0.15, 0.2) is 0 Å². The minimum absolute atomic E-state index is 0. The van der Waals surface area contributed by atoms with E-state index in [2.05, 4.69) is 17.3 Å². The number of nitrogens with one attached hydrogen (secondary N) is 1. The quantitative estimate of drug-likeness (QED) is 0.703. The van der Waals surface area contributed by atoms with E-state index in [4.69, 9.17) is 0 Å². The monoisotopic (exact) mass is 251 g/mol. The molecule has 2 rings (SSSR count). The molecule has 1 N–H and O–H groups in total. The molecule has 0 saturated carbocycles. The first-order valence-electron chi connectivity index (χ1n) is 5.06. The zero-order chi connectivity index (χ0) is 9.97. The van der Waals surface area contributed by atoms with E-state index >= 15 is 0 Å². The largest absolute Gasteiger partial charge is 0.339 e. The second kappa shape index (κ2) is 5.94. The molecule has 0 bridgehead atoms. The van der Waals surface area contributed by atoms with Crippen LogP contribution in [-0.4, -0.2) is 66.6 Å². The lowest BCUT2D eigenvalue weighted by molar-refractivity contribution is -0.134. The molecule has 2 aliphatic heterocycles. The van der Waals surface area contributed by atoms with Crippen LogP contribution >= 0.6 is 24.2 Å². The maximum absolute atomic E-state index is 11.9. The van der Waals surface area contributed by atoms with E-state index in [1.807, 2.05) is 4.90 Å².